The molecule has 1 heterocycles. The van der Waals surface area contributed by atoms with Crippen LogP contribution in [-0.4, -0.2) is 18.8 Å². The lowest BCUT2D eigenvalue weighted by Crippen LogP contribution is -2.35. The second kappa shape index (κ2) is 2.51. The van der Waals surface area contributed by atoms with Crippen molar-refractivity contribution in [3.05, 3.63) is 0 Å². The maximum absolute atomic E-state index is 5.81. The van der Waals surface area contributed by atoms with E-state index in [0.717, 1.165) is 25.4 Å². The molecule has 2 rings (SSSR count). The van der Waals surface area contributed by atoms with Gasteiger partial charge in [0.15, 0.2) is 0 Å². The fourth-order valence-corrected chi connectivity index (χ4v) is 1.65. The van der Waals surface area contributed by atoms with E-state index in [4.69, 9.17) is 10.5 Å². The van der Waals surface area contributed by atoms with E-state index in [2.05, 4.69) is 0 Å². The monoisotopic (exact) mass is 141 g/mol. The van der Waals surface area contributed by atoms with Crippen molar-refractivity contribution in [2.45, 2.75) is 37.8 Å². The van der Waals surface area contributed by atoms with Crippen LogP contribution in [0.1, 0.15) is 25.7 Å². The van der Waals surface area contributed by atoms with Crippen LogP contribution in [-0.2, 0) is 4.74 Å². The molecule has 2 aliphatic rings. The SMILES string of the molecule is N[C@H]1CCO[C@@H](C2CC2)C1. The van der Waals surface area contributed by atoms with Crippen molar-refractivity contribution in [2.75, 3.05) is 6.61 Å². The van der Waals surface area contributed by atoms with E-state index in [1.807, 2.05) is 0 Å². The van der Waals surface area contributed by atoms with E-state index >= 15 is 0 Å². The standard InChI is InChI=1S/C8H15NO/c9-7-3-4-10-8(5-7)6-1-2-6/h6-8H,1-5,9H2/t7-,8+/m0/s1. The zero-order valence-electron chi connectivity index (χ0n) is 6.25. The molecule has 0 spiro atoms. The molecule has 0 amide bonds. The quantitative estimate of drug-likeness (QED) is 0.589. The lowest BCUT2D eigenvalue weighted by molar-refractivity contribution is -0.00510. The predicted molar refractivity (Wildman–Crippen MR) is 39.7 cm³/mol. The van der Waals surface area contributed by atoms with Crippen LogP contribution in [0, 0.1) is 5.92 Å². The summed E-state index contributed by atoms with van der Waals surface area (Å²) in [5, 5.41) is 0. The summed E-state index contributed by atoms with van der Waals surface area (Å²) in [5.74, 6) is 0.867. The molecule has 58 valence electrons. The van der Waals surface area contributed by atoms with E-state index in [0.29, 0.717) is 12.1 Å². The first kappa shape index (κ1) is 6.62. The molecule has 0 bridgehead atoms. The summed E-state index contributed by atoms with van der Waals surface area (Å²) in [6.45, 7) is 0.891. The molecule has 0 radical (unpaired) electrons. The van der Waals surface area contributed by atoms with Gasteiger partial charge in [-0.25, -0.2) is 0 Å². The number of ether oxygens (including phenoxy) is 1. The fraction of sp³-hybridized carbons (Fsp3) is 1.00. The van der Waals surface area contributed by atoms with Gasteiger partial charge < -0.3 is 10.5 Å². The Kier molecular flexibility index (Phi) is 1.66. The van der Waals surface area contributed by atoms with Crippen LogP contribution in [0.25, 0.3) is 0 Å². The largest absolute Gasteiger partial charge is 0.378 e. The minimum atomic E-state index is 0.416. The Balaban J connectivity index is 1.84. The molecule has 2 fully saturated rings. The smallest absolute Gasteiger partial charge is 0.0618 e. The maximum atomic E-state index is 5.81. The average molecular weight is 141 g/mol. The van der Waals surface area contributed by atoms with Gasteiger partial charge in [-0.1, -0.05) is 0 Å². The van der Waals surface area contributed by atoms with Crippen LogP contribution in [0.4, 0.5) is 0 Å². The Morgan fingerprint density at radius 2 is 2.00 bits per heavy atom. The van der Waals surface area contributed by atoms with Gasteiger partial charge in [0.25, 0.3) is 0 Å². The number of rotatable bonds is 1. The summed E-state index contributed by atoms with van der Waals surface area (Å²) in [6.07, 6.45) is 5.42. The van der Waals surface area contributed by atoms with Crippen LogP contribution in [0.5, 0.6) is 0 Å². The summed E-state index contributed by atoms with van der Waals surface area (Å²) in [4.78, 5) is 0. The van der Waals surface area contributed by atoms with Gasteiger partial charge in [-0.2, -0.15) is 0 Å². The summed E-state index contributed by atoms with van der Waals surface area (Å²) in [6, 6.07) is 0.416. The lowest BCUT2D eigenvalue weighted by Gasteiger charge is -2.26. The van der Waals surface area contributed by atoms with Crippen LogP contribution in [0.2, 0.25) is 0 Å². The summed E-state index contributed by atoms with van der Waals surface area (Å²) < 4.78 is 5.59. The topological polar surface area (TPSA) is 35.2 Å². The Labute approximate surface area is 61.7 Å². The van der Waals surface area contributed by atoms with Gasteiger partial charge in [0, 0.05) is 12.6 Å². The zero-order chi connectivity index (χ0) is 6.97. The summed E-state index contributed by atoms with van der Waals surface area (Å²) in [5.41, 5.74) is 5.81. The Morgan fingerprint density at radius 1 is 1.20 bits per heavy atom. The third-order valence-electron chi connectivity index (χ3n) is 2.50. The molecule has 10 heavy (non-hydrogen) atoms. The first-order valence-corrected chi connectivity index (χ1v) is 4.23. The lowest BCUT2D eigenvalue weighted by atomic mass is 10.0. The fourth-order valence-electron chi connectivity index (χ4n) is 1.65. The molecule has 2 N–H and O–H groups in total. The first-order valence-electron chi connectivity index (χ1n) is 4.23. The minimum absolute atomic E-state index is 0.416. The molecule has 1 aliphatic heterocycles. The van der Waals surface area contributed by atoms with E-state index in [-0.39, 0.29) is 0 Å². The van der Waals surface area contributed by atoms with Crippen molar-refractivity contribution in [1.29, 1.82) is 0 Å². The van der Waals surface area contributed by atoms with Crippen LogP contribution in [0.15, 0.2) is 0 Å². The predicted octanol–water partition coefficient (Wildman–Crippen LogP) is 0.903. The highest BCUT2D eigenvalue weighted by atomic mass is 16.5. The molecule has 2 nitrogen and oxygen atoms in total. The molecular formula is C8H15NO. The van der Waals surface area contributed by atoms with Crippen molar-refractivity contribution >= 4 is 0 Å². The molecular weight excluding hydrogens is 126 g/mol. The normalized spacial score (nSPS) is 41.7. The van der Waals surface area contributed by atoms with Gasteiger partial charge in [-0.15, -0.1) is 0 Å². The number of hydrogen-bond donors (Lipinski definition) is 1. The van der Waals surface area contributed by atoms with Gasteiger partial charge in [0.1, 0.15) is 0 Å². The van der Waals surface area contributed by atoms with Gasteiger partial charge in [0.05, 0.1) is 6.10 Å². The molecule has 0 unspecified atom stereocenters. The van der Waals surface area contributed by atoms with E-state index in [1.165, 1.54) is 12.8 Å². The molecule has 2 heteroatoms. The highest BCUT2D eigenvalue weighted by Gasteiger charge is 2.34. The number of nitrogens with two attached hydrogens (primary N) is 1. The van der Waals surface area contributed by atoms with E-state index < -0.39 is 0 Å². The molecule has 0 aromatic heterocycles. The number of hydrogen-bond acceptors (Lipinski definition) is 2. The van der Waals surface area contributed by atoms with Gasteiger partial charge in [-0.05, 0) is 31.6 Å². The van der Waals surface area contributed by atoms with Crippen LogP contribution < -0.4 is 5.73 Å². The Bertz CT molecular complexity index is 122. The van der Waals surface area contributed by atoms with Crippen molar-refractivity contribution in [2.24, 2.45) is 11.7 Å². The van der Waals surface area contributed by atoms with E-state index in [9.17, 15) is 0 Å². The maximum Gasteiger partial charge on any atom is 0.0618 e. The summed E-state index contributed by atoms with van der Waals surface area (Å²) in [7, 11) is 0. The second-order valence-electron chi connectivity index (χ2n) is 3.53. The zero-order valence-corrected chi connectivity index (χ0v) is 6.25. The Morgan fingerprint density at radius 3 is 2.60 bits per heavy atom. The highest BCUT2D eigenvalue weighted by Crippen LogP contribution is 2.37. The van der Waals surface area contributed by atoms with Gasteiger partial charge in [0.2, 0.25) is 0 Å². The van der Waals surface area contributed by atoms with Crippen LogP contribution in [0.3, 0.4) is 0 Å². The molecule has 1 saturated heterocycles. The average Bonchev–Trinajstić information content (AvgIpc) is 2.68. The van der Waals surface area contributed by atoms with Crippen molar-refractivity contribution < 1.29 is 4.74 Å². The van der Waals surface area contributed by atoms with Crippen molar-refractivity contribution in [1.82, 2.24) is 0 Å². The summed E-state index contributed by atoms with van der Waals surface area (Å²) >= 11 is 0. The van der Waals surface area contributed by atoms with Gasteiger partial charge >= 0.3 is 0 Å². The van der Waals surface area contributed by atoms with Crippen molar-refractivity contribution in [3.63, 3.8) is 0 Å². The van der Waals surface area contributed by atoms with Gasteiger partial charge in [-0.3, -0.25) is 0 Å². The third-order valence-corrected chi connectivity index (χ3v) is 2.50. The van der Waals surface area contributed by atoms with Crippen molar-refractivity contribution in [3.8, 4) is 0 Å². The highest BCUT2D eigenvalue weighted by molar-refractivity contribution is 4.86. The minimum Gasteiger partial charge on any atom is -0.378 e. The molecule has 0 aromatic rings. The molecule has 1 saturated carbocycles. The second-order valence-corrected chi connectivity index (χ2v) is 3.53. The molecule has 0 aromatic carbocycles. The Hall–Kier alpha value is -0.0800. The molecule has 2 atom stereocenters. The van der Waals surface area contributed by atoms with E-state index in [1.54, 1.807) is 0 Å². The van der Waals surface area contributed by atoms with Crippen LogP contribution >= 0.6 is 0 Å². The molecule has 1 aliphatic carbocycles. The first-order chi connectivity index (χ1) is 4.86. The third kappa shape index (κ3) is 1.32.